The number of hydrogen-bond acceptors (Lipinski definition) is 6. The molecule has 110 valence electrons. The Morgan fingerprint density at radius 3 is 1.68 bits per heavy atom. The molecule has 0 spiro atoms. The molecule has 0 rings (SSSR count). The Bertz CT molecular complexity index is 307. The van der Waals surface area contributed by atoms with E-state index in [4.69, 9.17) is 0 Å². The highest BCUT2D eigenvalue weighted by molar-refractivity contribution is 5.95. The Hall–Kier alpha value is -1.59. The topological polar surface area (TPSA) is 78.9 Å². The van der Waals surface area contributed by atoms with Crippen LogP contribution in [0.5, 0.6) is 0 Å². The fraction of sp³-hybridized carbons (Fsp3) is 0.769. The number of carbonyl (C=O) groups excluding carboxylic acids is 3. The molecule has 0 amide bonds. The third kappa shape index (κ3) is 5.72. The molecule has 6 nitrogen and oxygen atoms in total. The number of esters is 3. The lowest BCUT2D eigenvalue weighted by molar-refractivity contribution is -0.162. The largest absolute Gasteiger partial charge is 0.469 e. The summed E-state index contributed by atoms with van der Waals surface area (Å²) in [5.41, 5.74) is 0. The van der Waals surface area contributed by atoms with Crippen molar-refractivity contribution < 1.29 is 28.6 Å². The maximum Gasteiger partial charge on any atom is 0.320 e. The SMILES string of the molecule is COC(=O)C[C@H](CC(C)C)C(C(=O)OC)C(=O)OC. The predicted octanol–water partition coefficient (Wildman–Crippen LogP) is 1.17. The van der Waals surface area contributed by atoms with Gasteiger partial charge in [0.2, 0.25) is 0 Å². The van der Waals surface area contributed by atoms with Crippen LogP contribution in [-0.2, 0) is 28.6 Å². The molecule has 0 N–H and O–H groups in total. The second kappa shape index (κ2) is 8.50. The Kier molecular flexibility index (Phi) is 7.79. The molecule has 0 saturated carbocycles. The zero-order chi connectivity index (χ0) is 15.0. The minimum absolute atomic E-state index is 0.0243. The van der Waals surface area contributed by atoms with Crippen molar-refractivity contribution in [1.29, 1.82) is 0 Å². The molecule has 0 aromatic carbocycles. The number of rotatable bonds is 7. The first-order chi connectivity index (χ1) is 8.87. The van der Waals surface area contributed by atoms with E-state index in [1.54, 1.807) is 0 Å². The van der Waals surface area contributed by atoms with Crippen molar-refractivity contribution in [1.82, 2.24) is 0 Å². The van der Waals surface area contributed by atoms with Crippen LogP contribution in [0.2, 0.25) is 0 Å². The van der Waals surface area contributed by atoms with E-state index in [0.29, 0.717) is 6.42 Å². The Balaban J connectivity index is 5.16. The molecule has 1 atom stereocenters. The van der Waals surface area contributed by atoms with Crippen LogP contribution in [-0.4, -0.2) is 39.2 Å². The van der Waals surface area contributed by atoms with E-state index in [2.05, 4.69) is 14.2 Å². The molecule has 0 saturated heterocycles. The van der Waals surface area contributed by atoms with Crippen LogP contribution in [0.4, 0.5) is 0 Å². The van der Waals surface area contributed by atoms with E-state index in [0.717, 1.165) is 0 Å². The van der Waals surface area contributed by atoms with Gasteiger partial charge in [-0.15, -0.1) is 0 Å². The summed E-state index contributed by atoms with van der Waals surface area (Å²) in [6.45, 7) is 3.88. The fourth-order valence-electron chi connectivity index (χ4n) is 1.98. The second-order valence-electron chi connectivity index (χ2n) is 4.69. The first kappa shape index (κ1) is 17.4. The molecule has 0 heterocycles. The summed E-state index contributed by atoms with van der Waals surface area (Å²) < 4.78 is 13.8. The normalized spacial score (nSPS) is 12.2. The highest BCUT2D eigenvalue weighted by Crippen LogP contribution is 2.26. The summed E-state index contributed by atoms with van der Waals surface area (Å²) in [7, 11) is 3.66. The zero-order valence-corrected chi connectivity index (χ0v) is 12.1. The molecule has 6 heteroatoms. The number of methoxy groups -OCH3 is 3. The maximum absolute atomic E-state index is 11.7. The number of ether oxygens (including phenoxy) is 3. The number of carbonyl (C=O) groups is 3. The van der Waals surface area contributed by atoms with Crippen molar-refractivity contribution >= 4 is 17.9 Å². The van der Waals surface area contributed by atoms with Crippen molar-refractivity contribution in [3.8, 4) is 0 Å². The molecular formula is C13H22O6. The summed E-state index contributed by atoms with van der Waals surface area (Å²) in [5, 5.41) is 0. The summed E-state index contributed by atoms with van der Waals surface area (Å²) >= 11 is 0. The van der Waals surface area contributed by atoms with Crippen LogP contribution in [0.3, 0.4) is 0 Å². The van der Waals surface area contributed by atoms with Gasteiger partial charge in [-0.1, -0.05) is 13.8 Å². The highest BCUT2D eigenvalue weighted by atomic mass is 16.5. The average Bonchev–Trinajstić information content (AvgIpc) is 2.37. The maximum atomic E-state index is 11.7. The molecule has 0 aliphatic rings. The van der Waals surface area contributed by atoms with Crippen LogP contribution in [0.25, 0.3) is 0 Å². The van der Waals surface area contributed by atoms with Gasteiger partial charge in [-0.2, -0.15) is 0 Å². The van der Waals surface area contributed by atoms with Crippen molar-refractivity contribution in [2.75, 3.05) is 21.3 Å². The lowest BCUT2D eigenvalue weighted by Crippen LogP contribution is -2.35. The summed E-state index contributed by atoms with van der Waals surface area (Å²) in [6, 6.07) is 0. The monoisotopic (exact) mass is 274 g/mol. The smallest absolute Gasteiger partial charge is 0.320 e. The molecule has 0 aliphatic carbocycles. The van der Waals surface area contributed by atoms with Gasteiger partial charge in [0.15, 0.2) is 5.92 Å². The van der Waals surface area contributed by atoms with E-state index in [9.17, 15) is 14.4 Å². The minimum Gasteiger partial charge on any atom is -0.469 e. The van der Waals surface area contributed by atoms with Gasteiger partial charge in [0.1, 0.15) is 0 Å². The predicted molar refractivity (Wildman–Crippen MR) is 67.1 cm³/mol. The third-order valence-electron chi connectivity index (χ3n) is 2.81. The van der Waals surface area contributed by atoms with E-state index >= 15 is 0 Å². The van der Waals surface area contributed by atoms with Crippen LogP contribution in [0.1, 0.15) is 26.7 Å². The Labute approximate surface area is 113 Å². The van der Waals surface area contributed by atoms with Gasteiger partial charge in [0.25, 0.3) is 0 Å². The van der Waals surface area contributed by atoms with Crippen LogP contribution < -0.4 is 0 Å². The van der Waals surface area contributed by atoms with Crippen LogP contribution in [0.15, 0.2) is 0 Å². The van der Waals surface area contributed by atoms with Crippen LogP contribution >= 0.6 is 0 Å². The standard InChI is InChI=1S/C13H22O6/c1-8(2)6-9(7-10(14)17-3)11(12(15)18-4)13(16)19-5/h8-9,11H,6-7H2,1-5H3/t9-/m0/s1. The van der Waals surface area contributed by atoms with E-state index in [1.807, 2.05) is 13.8 Å². The molecule has 0 aliphatic heterocycles. The fourth-order valence-corrected chi connectivity index (χ4v) is 1.98. The van der Waals surface area contributed by atoms with Gasteiger partial charge >= 0.3 is 17.9 Å². The molecule has 0 fully saturated rings. The molecule has 19 heavy (non-hydrogen) atoms. The Morgan fingerprint density at radius 1 is 0.895 bits per heavy atom. The van der Waals surface area contributed by atoms with Crippen molar-refractivity contribution in [3.63, 3.8) is 0 Å². The molecule has 0 aromatic heterocycles. The lowest BCUT2D eigenvalue weighted by atomic mass is 9.83. The van der Waals surface area contributed by atoms with E-state index in [1.165, 1.54) is 21.3 Å². The van der Waals surface area contributed by atoms with Gasteiger partial charge in [-0.05, 0) is 18.3 Å². The summed E-state index contributed by atoms with van der Waals surface area (Å²) in [6.07, 6.45) is 0.494. The Morgan fingerprint density at radius 2 is 1.37 bits per heavy atom. The molecule has 0 aromatic rings. The third-order valence-corrected chi connectivity index (χ3v) is 2.81. The summed E-state index contributed by atoms with van der Waals surface area (Å²) in [5.74, 6) is -3.23. The summed E-state index contributed by atoms with van der Waals surface area (Å²) in [4.78, 5) is 34.9. The van der Waals surface area contributed by atoms with Crippen molar-refractivity contribution in [2.45, 2.75) is 26.7 Å². The quantitative estimate of drug-likeness (QED) is 0.394. The lowest BCUT2D eigenvalue weighted by Gasteiger charge is -2.23. The number of hydrogen-bond donors (Lipinski definition) is 0. The van der Waals surface area contributed by atoms with Gasteiger partial charge in [0.05, 0.1) is 21.3 Å². The molecule has 0 bridgehead atoms. The zero-order valence-electron chi connectivity index (χ0n) is 12.1. The van der Waals surface area contributed by atoms with Crippen LogP contribution in [0, 0.1) is 17.8 Å². The first-order valence-corrected chi connectivity index (χ1v) is 6.09. The first-order valence-electron chi connectivity index (χ1n) is 6.09. The molecule has 0 unspecified atom stereocenters. The molecule has 0 radical (unpaired) electrons. The van der Waals surface area contributed by atoms with Gasteiger partial charge < -0.3 is 14.2 Å². The van der Waals surface area contributed by atoms with Crippen molar-refractivity contribution in [2.24, 2.45) is 17.8 Å². The average molecular weight is 274 g/mol. The van der Waals surface area contributed by atoms with Crippen molar-refractivity contribution in [3.05, 3.63) is 0 Å². The van der Waals surface area contributed by atoms with E-state index < -0.39 is 29.7 Å². The molecular weight excluding hydrogens is 252 g/mol. The van der Waals surface area contributed by atoms with Gasteiger partial charge in [-0.3, -0.25) is 14.4 Å². The highest BCUT2D eigenvalue weighted by Gasteiger charge is 2.38. The van der Waals surface area contributed by atoms with Gasteiger partial charge in [-0.25, -0.2) is 0 Å². The van der Waals surface area contributed by atoms with E-state index in [-0.39, 0.29) is 12.3 Å². The minimum atomic E-state index is -1.10. The second-order valence-corrected chi connectivity index (χ2v) is 4.69. The van der Waals surface area contributed by atoms with Gasteiger partial charge in [0, 0.05) is 6.42 Å².